The molecule has 128 valence electrons. The quantitative estimate of drug-likeness (QED) is 0.905. The van der Waals surface area contributed by atoms with Gasteiger partial charge in [-0.15, -0.1) is 0 Å². The molecule has 24 heavy (non-hydrogen) atoms. The fraction of sp³-hybridized carbons (Fsp3) is 0.588. The Balaban J connectivity index is 1.50. The van der Waals surface area contributed by atoms with Crippen molar-refractivity contribution in [2.24, 2.45) is 0 Å². The lowest BCUT2D eigenvalue weighted by Crippen LogP contribution is -2.54. The molecule has 2 unspecified atom stereocenters. The van der Waals surface area contributed by atoms with Crippen molar-refractivity contribution < 1.29 is 9.53 Å². The number of urea groups is 1. The first-order valence-electron chi connectivity index (χ1n) is 8.45. The molecule has 2 aliphatic rings. The Morgan fingerprint density at radius 1 is 1.46 bits per heavy atom. The van der Waals surface area contributed by atoms with Crippen LogP contribution in [0.25, 0.3) is 0 Å². The van der Waals surface area contributed by atoms with E-state index in [4.69, 9.17) is 10.00 Å². The number of carbonyl (C=O) groups is 1. The number of piperazine rings is 1. The van der Waals surface area contributed by atoms with E-state index in [1.807, 2.05) is 11.8 Å². The van der Waals surface area contributed by atoms with E-state index in [-0.39, 0.29) is 18.2 Å². The van der Waals surface area contributed by atoms with Crippen LogP contribution >= 0.6 is 0 Å². The molecule has 0 saturated carbocycles. The van der Waals surface area contributed by atoms with E-state index in [1.165, 1.54) is 0 Å². The van der Waals surface area contributed by atoms with Gasteiger partial charge in [0, 0.05) is 39.0 Å². The summed E-state index contributed by atoms with van der Waals surface area (Å²) in [4.78, 5) is 20.6. The van der Waals surface area contributed by atoms with Gasteiger partial charge in [-0.25, -0.2) is 9.78 Å². The smallest absolute Gasteiger partial charge is 0.317 e. The highest BCUT2D eigenvalue weighted by molar-refractivity contribution is 5.75. The Bertz CT molecular complexity index is 616. The van der Waals surface area contributed by atoms with E-state index in [0.717, 1.165) is 25.3 Å². The van der Waals surface area contributed by atoms with Gasteiger partial charge < -0.3 is 19.9 Å². The molecule has 0 aliphatic carbocycles. The SMILES string of the molecule is CC(NC(=O)N1CCN(c2cc(C#N)ccn2)CC1)C1CCCO1. The highest BCUT2D eigenvalue weighted by atomic mass is 16.5. The third-order valence-electron chi connectivity index (χ3n) is 4.64. The Hall–Kier alpha value is -2.33. The molecule has 0 aromatic carbocycles. The number of carbonyl (C=O) groups excluding carboxylic acids is 1. The average Bonchev–Trinajstić information content (AvgIpc) is 3.16. The maximum Gasteiger partial charge on any atom is 0.317 e. The summed E-state index contributed by atoms with van der Waals surface area (Å²) in [5, 5.41) is 12.0. The lowest BCUT2D eigenvalue weighted by Gasteiger charge is -2.36. The summed E-state index contributed by atoms with van der Waals surface area (Å²) in [6.45, 7) is 5.50. The molecule has 0 radical (unpaired) electrons. The molecule has 2 saturated heterocycles. The first-order valence-corrected chi connectivity index (χ1v) is 8.45. The van der Waals surface area contributed by atoms with Crippen LogP contribution in [0, 0.1) is 11.3 Å². The van der Waals surface area contributed by atoms with Crippen LogP contribution in [0.15, 0.2) is 18.3 Å². The van der Waals surface area contributed by atoms with Crippen LogP contribution in [0.1, 0.15) is 25.3 Å². The summed E-state index contributed by atoms with van der Waals surface area (Å²) in [6, 6.07) is 5.61. The second-order valence-electron chi connectivity index (χ2n) is 6.28. The number of nitriles is 1. The van der Waals surface area contributed by atoms with Gasteiger partial charge in [0.2, 0.25) is 0 Å². The summed E-state index contributed by atoms with van der Waals surface area (Å²) < 4.78 is 5.62. The van der Waals surface area contributed by atoms with Crippen molar-refractivity contribution in [2.75, 3.05) is 37.7 Å². The minimum atomic E-state index is -0.0311. The van der Waals surface area contributed by atoms with Gasteiger partial charge in [0.1, 0.15) is 5.82 Å². The van der Waals surface area contributed by atoms with Gasteiger partial charge in [0.05, 0.1) is 23.8 Å². The van der Waals surface area contributed by atoms with Gasteiger partial charge in [0.25, 0.3) is 0 Å². The van der Waals surface area contributed by atoms with Crippen LogP contribution in [-0.2, 0) is 4.74 Å². The number of hydrogen-bond acceptors (Lipinski definition) is 5. The Morgan fingerprint density at radius 2 is 2.25 bits per heavy atom. The number of hydrogen-bond donors (Lipinski definition) is 1. The van der Waals surface area contributed by atoms with E-state index in [1.54, 1.807) is 18.3 Å². The van der Waals surface area contributed by atoms with Crippen LogP contribution in [0.2, 0.25) is 0 Å². The van der Waals surface area contributed by atoms with Crippen molar-refractivity contribution in [1.82, 2.24) is 15.2 Å². The summed E-state index contributed by atoms with van der Waals surface area (Å²) >= 11 is 0. The maximum absolute atomic E-state index is 12.4. The molecule has 2 atom stereocenters. The fourth-order valence-electron chi connectivity index (χ4n) is 3.18. The van der Waals surface area contributed by atoms with Crippen molar-refractivity contribution in [2.45, 2.75) is 31.9 Å². The van der Waals surface area contributed by atoms with Crippen molar-refractivity contribution in [1.29, 1.82) is 5.26 Å². The van der Waals surface area contributed by atoms with E-state index in [0.29, 0.717) is 31.7 Å². The first kappa shape index (κ1) is 16.5. The topological polar surface area (TPSA) is 81.5 Å². The van der Waals surface area contributed by atoms with Crippen LogP contribution < -0.4 is 10.2 Å². The lowest BCUT2D eigenvalue weighted by molar-refractivity contribution is 0.0831. The molecule has 0 spiro atoms. The number of nitrogens with one attached hydrogen (secondary N) is 1. The lowest BCUT2D eigenvalue weighted by atomic mass is 10.1. The molecule has 2 aliphatic heterocycles. The molecular weight excluding hydrogens is 306 g/mol. The Kier molecular flexibility index (Phi) is 5.16. The van der Waals surface area contributed by atoms with Crippen LogP contribution in [0.3, 0.4) is 0 Å². The second kappa shape index (κ2) is 7.49. The van der Waals surface area contributed by atoms with E-state index < -0.39 is 0 Å². The first-order chi connectivity index (χ1) is 11.7. The number of aromatic nitrogens is 1. The van der Waals surface area contributed by atoms with E-state index in [2.05, 4.69) is 21.3 Å². The number of amides is 2. The predicted octanol–water partition coefficient (Wildman–Crippen LogP) is 1.35. The summed E-state index contributed by atoms with van der Waals surface area (Å²) in [6.07, 6.45) is 3.86. The molecule has 7 heteroatoms. The van der Waals surface area contributed by atoms with Crippen molar-refractivity contribution in [3.05, 3.63) is 23.9 Å². The number of rotatable bonds is 3. The Labute approximate surface area is 142 Å². The predicted molar refractivity (Wildman–Crippen MR) is 89.7 cm³/mol. The zero-order valence-electron chi connectivity index (χ0n) is 13.9. The zero-order chi connectivity index (χ0) is 16.9. The molecule has 3 rings (SSSR count). The normalized spacial score (nSPS) is 22.1. The molecule has 0 bridgehead atoms. The number of anilines is 1. The standard InChI is InChI=1S/C17H23N5O2/c1-13(15-3-2-10-24-15)20-17(23)22-8-6-21(7-9-22)16-11-14(12-18)4-5-19-16/h4-5,11,13,15H,2-3,6-10H2,1H3,(H,20,23). The summed E-state index contributed by atoms with van der Waals surface area (Å²) in [7, 11) is 0. The molecule has 1 N–H and O–H groups in total. The van der Waals surface area contributed by atoms with E-state index >= 15 is 0 Å². The third kappa shape index (κ3) is 3.77. The summed E-state index contributed by atoms with van der Waals surface area (Å²) in [5.41, 5.74) is 0.602. The molecule has 3 heterocycles. The molecule has 1 aromatic rings. The van der Waals surface area contributed by atoms with E-state index in [9.17, 15) is 4.79 Å². The third-order valence-corrected chi connectivity index (χ3v) is 4.64. The number of nitrogens with zero attached hydrogens (tertiary/aromatic N) is 4. The van der Waals surface area contributed by atoms with Gasteiger partial charge >= 0.3 is 6.03 Å². The van der Waals surface area contributed by atoms with Crippen LogP contribution in [-0.4, -0.2) is 60.8 Å². The van der Waals surface area contributed by atoms with Crippen LogP contribution in [0.4, 0.5) is 10.6 Å². The van der Waals surface area contributed by atoms with Crippen LogP contribution in [0.5, 0.6) is 0 Å². The van der Waals surface area contributed by atoms with Gasteiger partial charge in [0.15, 0.2) is 0 Å². The molecule has 2 amide bonds. The average molecular weight is 329 g/mol. The minimum absolute atomic E-state index is 0.0311. The number of ether oxygens (including phenoxy) is 1. The molecule has 7 nitrogen and oxygen atoms in total. The molecule has 1 aromatic heterocycles. The fourth-order valence-corrected chi connectivity index (χ4v) is 3.18. The highest BCUT2D eigenvalue weighted by Crippen LogP contribution is 2.17. The van der Waals surface area contributed by atoms with Crippen molar-refractivity contribution >= 4 is 11.8 Å². The second-order valence-corrected chi connectivity index (χ2v) is 6.28. The van der Waals surface area contributed by atoms with Gasteiger partial charge in [-0.1, -0.05) is 0 Å². The van der Waals surface area contributed by atoms with Gasteiger partial charge in [-0.3, -0.25) is 0 Å². The van der Waals surface area contributed by atoms with Gasteiger partial charge in [-0.05, 0) is 31.9 Å². The van der Waals surface area contributed by atoms with Crippen molar-refractivity contribution in [3.63, 3.8) is 0 Å². The largest absolute Gasteiger partial charge is 0.376 e. The Morgan fingerprint density at radius 3 is 2.92 bits per heavy atom. The summed E-state index contributed by atoms with van der Waals surface area (Å²) in [5.74, 6) is 0.793. The number of pyridine rings is 1. The van der Waals surface area contributed by atoms with Gasteiger partial charge in [-0.2, -0.15) is 5.26 Å². The van der Waals surface area contributed by atoms with Crippen molar-refractivity contribution in [3.8, 4) is 6.07 Å². The monoisotopic (exact) mass is 329 g/mol. The minimum Gasteiger partial charge on any atom is -0.376 e. The highest BCUT2D eigenvalue weighted by Gasteiger charge is 2.27. The molecule has 2 fully saturated rings. The molecular formula is C17H23N5O2. The zero-order valence-corrected chi connectivity index (χ0v) is 13.9. The maximum atomic E-state index is 12.4.